The maximum atomic E-state index is 4.81. The molecule has 0 aliphatic carbocycles. The number of hydrogen-bond acceptors (Lipinski definition) is 4. The Hall–Kier alpha value is -0.610. The van der Waals surface area contributed by atoms with Crippen LogP contribution in [0.2, 0.25) is 0 Å². The molecule has 1 aromatic heterocycles. The van der Waals surface area contributed by atoms with Crippen LogP contribution in [0.15, 0.2) is 0 Å². The van der Waals surface area contributed by atoms with Crippen molar-refractivity contribution in [2.45, 2.75) is 54.0 Å². The molecule has 2 rings (SSSR count). The number of thiazole rings is 1. The van der Waals surface area contributed by atoms with Gasteiger partial charge in [-0.15, -0.1) is 11.3 Å². The fourth-order valence-electron chi connectivity index (χ4n) is 2.94. The average molecular weight is 310 g/mol. The van der Waals surface area contributed by atoms with Crippen LogP contribution in [0.5, 0.6) is 0 Å². The molecule has 1 N–H and O–H groups in total. The molecule has 0 bridgehead atoms. The predicted molar refractivity (Wildman–Crippen MR) is 93.2 cm³/mol. The standard InChI is InChI=1S/C17H31N3S/c1-12(2)10-18-11-16-14(5)19-17(21-16)20-8-6-15(7-9-20)13(3)4/h12-13,15,18H,6-11H2,1-5H3. The average Bonchev–Trinajstić information content (AvgIpc) is 2.80. The maximum Gasteiger partial charge on any atom is 0.185 e. The van der Waals surface area contributed by atoms with Crippen LogP contribution in [-0.4, -0.2) is 24.6 Å². The van der Waals surface area contributed by atoms with Gasteiger partial charge in [-0.05, 0) is 44.1 Å². The van der Waals surface area contributed by atoms with Crippen molar-refractivity contribution in [3.8, 4) is 0 Å². The summed E-state index contributed by atoms with van der Waals surface area (Å²) in [6, 6.07) is 0. The Balaban J connectivity index is 1.90. The van der Waals surface area contributed by atoms with Crippen LogP contribution in [-0.2, 0) is 6.54 Å². The summed E-state index contributed by atoms with van der Waals surface area (Å²) in [5.41, 5.74) is 1.21. The zero-order valence-electron chi connectivity index (χ0n) is 14.3. The number of aryl methyl sites for hydroxylation is 1. The number of aromatic nitrogens is 1. The molecule has 0 unspecified atom stereocenters. The molecule has 0 aromatic carbocycles. The molecule has 21 heavy (non-hydrogen) atoms. The first-order valence-electron chi connectivity index (χ1n) is 8.39. The molecule has 0 spiro atoms. The van der Waals surface area contributed by atoms with Crippen LogP contribution in [0.3, 0.4) is 0 Å². The summed E-state index contributed by atoms with van der Waals surface area (Å²) in [4.78, 5) is 8.69. The summed E-state index contributed by atoms with van der Waals surface area (Å²) in [7, 11) is 0. The molecular weight excluding hydrogens is 278 g/mol. The van der Waals surface area contributed by atoms with Gasteiger partial charge in [0.15, 0.2) is 5.13 Å². The summed E-state index contributed by atoms with van der Waals surface area (Å²) < 4.78 is 0. The van der Waals surface area contributed by atoms with Crippen LogP contribution >= 0.6 is 11.3 Å². The van der Waals surface area contributed by atoms with Crippen molar-refractivity contribution in [2.24, 2.45) is 17.8 Å². The van der Waals surface area contributed by atoms with Crippen molar-refractivity contribution >= 4 is 16.5 Å². The van der Waals surface area contributed by atoms with Gasteiger partial charge >= 0.3 is 0 Å². The molecule has 1 saturated heterocycles. The van der Waals surface area contributed by atoms with E-state index < -0.39 is 0 Å². The van der Waals surface area contributed by atoms with E-state index in [1.165, 1.54) is 41.6 Å². The Labute approximate surface area is 134 Å². The van der Waals surface area contributed by atoms with Crippen molar-refractivity contribution in [1.82, 2.24) is 10.3 Å². The fraction of sp³-hybridized carbons (Fsp3) is 0.824. The van der Waals surface area contributed by atoms with Gasteiger partial charge in [-0.1, -0.05) is 27.7 Å². The third-order valence-electron chi connectivity index (χ3n) is 4.47. The summed E-state index contributed by atoms with van der Waals surface area (Å²) in [6.07, 6.45) is 2.63. The molecular formula is C17H31N3S. The minimum absolute atomic E-state index is 0.702. The highest BCUT2D eigenvalue weighted by Crippen LogP contribution is 2.31. The van der Waals surface area contributed by atoms with E-state index in [1.54, 1.807) is 0 Å². The Bertz CT molecular complexity index is 431. The van der Waals surface area contributed by atoms with Crippen molar-refractivity contribution in [2.75, 3.05) is 24.5 Å². The van der Waals surface area contributed by atoms with Crippen LogP contribution in [0.1, 0.15) is 51.1 Å². The number of anilines is 1. The van der Waals surface area contributed by atoms with E-state index in [-0.39, 0.29) is 0 Å². The van der Waals surface area contributed by atoms with Crippen molar-refractivity contribution in [3.63, 3.8) is 0 Å². The molecule has 1 fully saturated rings. The SMILES string of the molecule is Cc1nc(N2CCC(C(C)C)CC2)sc1CNCC(C)C. The van der Waals surface area contributed by atoms with E-state index in [4.69, 9.17) is 4.98 Å². The lowest BCUT2D eigenvalue weighted by atomic mass is 9.87. The van der Waals surface area contributed by atoms with Gasteiger partial charge in [-0.3, -0.25) is 0 Å². The largest absolute Gasteiger partial charge is 0.348 e. The second-order valence-electron chi connectivity index (χ2n) is 7.10. The lowest BCUT2D eigenvalue weighted by molar-refractivity contribution is 0.311. The van der Waals surface area contributed by atoms with Gasteiger partial charge in [0.1, 0.15) is 0 Å². The second-order valence-corrected chi connectivity index (χ2v) is 8.16. The molecule has 3 nitrogen and oxygen atoms in total. The lowest BCUT2D eigenvalue weighted by Crippen LogP contribution is -2.35. The van der Waals surface area contributed by atoms with E-state index in [1.807, 2.05) is 11.3 Å². The van der Waals surface area contributed by atoms with Crippen LogP contribution < -0.4 is 10.2 Å². The molecule has 0 atom stereocenters. The minimum atomic E-state index is 0.702. The highest BCUT2D eigenvalue weighted by Gasteiger charge is 2.23. The number of nitrogens with zero attached hydrogens (tertiary/aromatic N) is 2. The molecule has 0 amide bonds. The Morgan fingerprint density at radius 2 is 1.90 bits per heavy atom. The Morgan fingerprint density at radius 3 is 2.48 bits per heavy atom. The maximum absolute atomic E-state index is 4.81. The third-order valence-corrected chi connectivity index (χ3v) is 5.69. The number of rotatable bonds is 6. The third kappa shape index (κ3) is 4.68. The molecule has 0 radical (unpaired) electrons. The van der Waals surface area contributed by atoms with E-state index in [0.717, 1.165) is 24.9 Å². The van der Waals surface area contributed by atoms with Crippen molar-refractivity contribution < 1.29 is 0 Å². The van der Waals surface area contributed by atoms with Crippen LogP contribution in [0.25, 0.3) is 0 Å². The summed E-state index contributed by atoms with van der Waals surface area (Å²) in [6.45, 7) is 15.7. The van der Waals surface area contributed by atoms with Gasteiger partial charge in [0.2, 0.25) is 0 Å². The molecule has 1 aromatic rings. The quantitative estimate of drug-likeness (QED) is 0.858. The second kappa shape index (κ2) is 7.59. The summed E-state index contributed by atoms with van der Waals surface area (Å²) in [5.74, 6) is 2.42. The van der Waals surface area contributed by atoms with E-state index in [9.17, 15) is 0 Å². The first-order chi connectivity index (χ1) is 9.97. The van der Waals surface area contributed by atoms with Gasteiger partial charge in [0, 0.05) is 24.5 Å². The normalized spacial score (nSPS) is 17.2. The van der Waals surface area contributed by atoms with Gasteiger partial charge in [0.05, 0.1) is 5.69 Å². The monoisotopic (exact) mass is 309 g/mol. The van der Waals surface area contributed by atoms with Crippen LogP contribution in [0.4, 0.5) is 5.13 Å². The predicted octanol–water partition coefficient (Wildman–Crippen LogP) is 4.07. The van der Waals surface area contributed by atoms with E-state index in [2.05, 4.69) is 44.8 Å². The highest BCUT2D eigenvalue weighted by atomic mass is 32.1. The zero-order chi connectivity index (χ0) is 15.4. The summed E-state index contributed by atoms with van der Waals surface area (Å²) >= 11 is 1.88. The van der Waals surface area contributed by atoms with Gasteiger partial charge in [0.25, 0.3) is 0 Å². The van der Waals surface area contributed by atoms with Gasteiger partial charge in [-0.25, -0.2) is 4.98 Å². The van der Waals surface area contributed by atoms with Crippen molar-refractivity contribution in [3.05, 3.63) is 10.6 Å². The molecule has 1 aliphatic rings. The molecule has 0 saturated carbocycles. The topological polar surface area (TPSA) is 28.2 Å². The minimum Gasteiger partial charge on any atom is -0.348 e. The van der Waals surface area contributed by atoms with E-state index >= 15 is 0 Å². The molecule has 2 heterocycles. The molecule has 4 heteroatoms. The molecule has 120 valence electrons. The van der Waals surface area contributed by atoms with Gasteiger partial charge < -0.3 is 10.2 Å². The van der Waals surface area contributed by atoms with Gasteiger partial charge in [-0.2, -0.15) is 0 Å². The lowest BCUT2D eigenvalue weighted by Gasteiger charge is -2.33. The number of nitrogens with one attached hydrogen (secondary N) is 1. The first-order valence-corrected chi connectivity index (χ1v) is 9.21. The number of hydrogen-bond donors (Lipinski definition) is 1. The zero-order valence-corrected chi connectivity index (χ0v) is 15.1. The van der Waals surface area contributed by atoms with Crippen LogP contribution in [0, 0.1) is 24.7 Å². The fourth-order valence-corrected chi connectivity index (χ4v) is 4.03. The summed E-state index contributed by atoms with van der Waals surface area (Å²) in [5, 5.41) is 4.76. The highest BCUT2D eigenvalue weighted by molar-refractivity contribution is 7.15. The van der Waals surface area contributed by atoms with E-state index in [0.29, 0.717) is 5.92 Å². The Kier molecular flexibility index (Phi) is 6.06. The number of piperidine rings is 1. The van der Waals surface area contributed by atoms with Crippen molar-refractivity contribution in [1.29, 1.82) is 0 Å². The smallest absolute Gasteiger partial charge is 0.185 e. The molecule has 1 aliphatic heterocycles. The first kappa shape index (κ1) is 16.8. The Morgan fingerprint density at radius 1 is 1.24 bits per heavy atom.